The fourth-order valence-corrected chi connectivity index (χ4v) is 4.61. The second-order valence-corrected chi connectivity index (χ2v) is 10.1. The number of aromatic nitrogens is 4. The monoisotopic (exact) mass is 474 g/mol. The lowest BCUT2D eigenvalue weighted by molar-refractivity contribution is 0.0177. The predicted octanol–water partition coefficient (Wildman–Crippen LogP) is 4.58. The van der Waals surface area contributed by atoms with Gasteiger partial charge in [-0.1, -0.05) is 18.2 Å². The fraction of sp³-hybridized carbons (Fsp3) is 0.385. The molecule has 5 rings (SSSR count). The summed E-state index contributed by atoms with van der Waals surface area (Å²) in [6, 6.07) is 11.3. The second kappa shape index (κ2) is 8.72. The maximum atomic E-state index is 12.4. The Kier molecular flexibility index (Phi) is 5.70. The van der Waals surface area contributed by atoms with Gasteiger partial charge in [-0.15, -0.1) is 0 Å². The zero-order valence-electron chi connectivity index (χ0n) is 20.2. The van der Waals surface area contributed by atoms with Gasteiger partial charge in [0, 0.05) is 25.2 Å². The molecule has 0 aliphatic carbocycles. The Hall–Kier alpha value is -3.88. The SMILES string of the molecule is CC(C)(C)OC(=O)N1CCC(Cn2nc(-c3ccc4cc(O)ccc4c3)c3c(N)ncnc32)CC1. The molecule has 0 saturated carbocycles. The molecule has 1 aliphatic heterocycles. The summed E-state index contributed by atoms with van der Waals surface area (Å²) in [4.78, 5) is 22.9. The van der Waals surface area contributed by atoms with Crippen LogP contribution >= 0.6 is 0 Å². The van der Waals surface area contributed by atoms with Crippen LogP contribution in [0.5, 0.6) is 5.75 Å². The molecule has 1 aliphatic rings. The summed E-state index contributed by atoms with van der Waals surface area (Å²) in [7, 11) is 0. The summed E-state index contributed by atoms with van der Waals surface area (Å²) in [6.45, 7) is 7.62. The smallest absolute Gasteiger partial charge is 0.410 e. The highest BCUT2D eigenvalue weighted by Crippen LogP contribution is 2.33. The minimum atomic E-state index is -0.499. The van der Waals surface area contributed by atoms with E-state index < -0.39 is 5.60 Å². The Bertz CT molecular complexity index is 1400. The standard InChI is InChI=1S/C26H30N6O3/c1-26(2,3)35-25(34)31-10-8-16(9-11-31)14-32-24-21(23(27)28-15-29-24)22(30-32)19-5-4-18-13-20(33)7-6-17(18)12-19/h4-7,12-13,15-16,33H,8-11,14H2,1-3H3,(H2,27,28,29). The van der Waals surface area contributed by atoms with Gasteiger partial charge >= 0.3 is 6.09 Å². The van der Waals surface area contributed by atoms with Crippen molar-refractivity contribution in [2.45, 2.75) is 45.8 Å². The molecule has 4 aromatic rings. The third-order valence-corrected chi connectivity index (χ3v) is 6.35. The second-order valence-electron chi connectivity index (χ2n) is 10.1. The van der Waals surface area contributed by atoms with Gasteiger partial charge in [0.1, 0.15) is 29.2 Å². The van der Waals surface area contributed by atoms with E-state index in [9.17, 15) is 9.90 Å². The van der Waals surface area contributed by atoms with Crippen LogP contribution in [0.15, 0.2) is 42.7 Å². The van der Waals surface area contributed by atoms with Gasteiger partial charge in [-0.2, -0.15) is 5.10 Å². The maximum Gasteiger partial charge on any atom is 0.410 e. The number of benzene rings is 2. The number of hydrogen-bond acceptors (Lipinski definition) is 7. The molecule has 3 N–H and O–H groups in total. The summed E-state index contributed by atoms with van der Waals surface area (Å²) < 4.78 is 7.43. The molecule has 182 valence electrons. The number of phenols is 1. The van der Waals surface area contributed by atoms with Crippen molar-refractivity contribution in [2.75, 3.05) is 18.8 Å². The van der Waals surface area contributed by atoms with Crippen molar-refractivity contribution in [1.29, 1.82) is 0 Å². The number of piperidine rings is 1. The number of likely N-dealkylation sites (tertiary alicyclic amines) is 1. The maximum absolute atomic E-state index is 12.4. The molecule has 0 radical (unpaired) electrons. The lowest BCUT2D eigenvalue weighted by Gasteiger charge is -2.33. The lowest BCUT2D eigenvalue weighted by Crippen LogP contribution is -2.42. The number of fused-ring (bicyclic) bond motifs is 2. The zero-order chi connectivity index (χ0) is 24.7. The first-order chi connectivity index (χ1) is 16.7. The third-order valence-electron chi connectivity index (χ3n) is 6.35. The molecular formula is C26H30N6O3. The van der Waals surface area contributed by atoms with E-state index in [2.05, 4.69) is 9.97 Å². The van der Waals surface area contributed by atoms with Crippen LogP contribution in [0.1, 0.15) is 33.6 Å². The average Bonchev–Trinajstić information content (AvgIpc) is 3.17. The van der Waals surface area contributed by atoms with Crippen molar-refractivity contribution in [1.82, 2.24) is 24.6 Å². The molecular weight excluding hydrogens is 444 g/mol. The number of rotatable bonds is 3. The van der Waals surface area contributed by atoms with Crippen molar-refractivity contribution in [2.24, 2.45) is 5.92 Å². The minimum absolute atomic E-state index is 0.232. The quantitative estimate of drug-likeness (QED) is 0.446. The van der Waals surface area contributed by atoms with Crippen LogP contribution in [-0.2, 0) is 11.3 Å². The van der Waals surface area contributed by atoms with Crippen LogP contribution in [0.4, 0.5) is 10.6 Å². The van der Waals surface area contributed by atoms with Gasteiger partial charge in [0.05, 0.1) is 5.39 Å². The van der Waals surface area contributed by atoms with Gasteiger partial charge in [-0.3, -0.25) is 0 Å². The number of amides is 1. The highest BCUT2D eigenvalue weighted by atomic mass is 16.6. The van der Waals surface area contributed by atoms with Crippen LogP contribution in [0.2, 0.25) is 0 Å². The molecule has 9 heteroatoms. The Balaban J connectivity index is 1.40. The Labute approximate surface area is 203 Å². The predicted molar refractivity (Wildman–Crippen MR) is 135 cm³/mol. The number of nitrogen functional groups attached to an aromatic ring is 1. The molecule has 3 heterocycles. The van der Waals surface area contributed by atoms with Crippen molar-refractivity contribution in [3.8, 4) is 17.0 Å². The van der Waals surface area contributed by atoms with E-state index in [-0.39, 0.29) is 11.8 Å². The molecule has 0 spiro atoms. The summed E-state index contributed by atoms with van der Waals surface area (Å²) in [5.74, 6) is 0.970. The number of hydrogen-bond donors (Lipinski definition) is 2. The van der Waals surface area contributed by atoms with E-state index in [1.807, 2.05) is 49.7 Å². The molecule has 2 aromatic heterocycles. The first kappa shape index (κ1) is 22.9. The van der Waals surface area contributed by atoms with Crippen LogP contribution in [0.3, 0.4) is 0 Å². The summed E-state index contributed by atoms with van der Waals surface area (Å²) in [5.41, 5.74) is 8.13. The number of nitrogens with zero attached hydrogens (tertiary/aromatic N) is 5. The van der Waals surface area contributed by atoms with E-state index in [0.29, 0.717) is 37.0 Å². The summed E-state index contributed by atoms with van der Waals surface area (Å²) in [6.07, 6.45) is 2.92. The molecule has 9 nitrogen and oxygen atoms in total. The molecule has 1 saturated heterocycles. The number of anilines is 1. The molecule has 2 aromatic carbocycles. The highest BCUT2D eigenvalue weighted by Gasteiger charge is 2.28. The van der Waals surface area contributed by atoms with Gasteiger partial charge in [-0.25, -0.2) is 19.4 Å². The van der Waals surface area contributed by atoms with E-state index in [1.165, 1.54) is 6.33 Å². The van der Waals surface area contributed by atoms with E-state index in [1.54, 1.807) is 17.0 Å². The first-order valence-corrected chi connectivity index (χ1v) is 11.9. The van der Waals surface area contributed by atoms with Gasteiger partial charge in [0.25, 0.3) is 0 Å². The number of carbonyl (C=O) groups excluding carboxylic acids is 1. The van der Waals surface area contributed by atoms with Crippen molar-refractivity contribution >= 4 is 33.7 Å². The van der Waals surface area contributed by atoms with Crippen LogP contribution < -0.4 is 5.73 Å². The number of ether oxygens (including phenoxy) is 1. The van der Waals surface area contributed by atoms with E-state index in [4.69, 9.17) is 15.6 Å². The molecule has 1 amide bonds. The van der Waals surface area contributed by atoms with E-state index >= 15 is 0 Å². The molecule has 35 heavy (non-hydrogen) atoms. The highest BCUT2D eigenvalue weighted by molar-refractivity contribution is 6.00. The minimum Gasteiger partial charge on any atom is -0.508 e. The van der Waals surface area contributed by atoms with Crippen LogP contribution in [0.25, 0.3) is 33.1 Å². The average molecular weight is 475 g/mol. The molecule has 0 unspecified atom stereocenters. The number of phenolic OH excluding ortho intramolecular Hbond substituents is 1. The number of nitrogens with two attached hydrogens (primary N) is 1. The Morgan fingerprint density at radius 1 is 1.11 bits per heavy atom. The first-order valence-electron chi connectivity index (χ1n) is 11.9. The van der Waals surface area contributed by atoms with E-state index in [0.717, 1.165) is 40.3 Å². The van der Waals surface area contributed by atoms with Gasteiger partial charge < -0.3 is 20.5 Å². The number of aromatic hydroxyl groups is 1. The molecule has 0 atom stereocenters. The van der Waals surface area contributed by atoms with Crippen molar-refractivity contribution < 1.29 is 14.6 Å². The largest absolute Gasteiger partial charge is 0.508 e. The zero-order valence-corrected chi connectivity index (χ0v) is 20.2. The van der Waals surface area contributed by atoms with Gasteiger partial charge in [-0.05, 0) is 68.5 Å². The Morgan fingerprint density at radius 3 is 2.57 bits per heavy atom. The Morgan fingerprint density at radius 2 is 1.83 bits per heavy atom. The van der Waals surface area contributed by atoms with Crippen LogP contribution in [0, 0.1) is 5.92 Å². The van der Waals surface area contributed by atoms with Crippen LogP contribution in [-0.4, -0.2) is 54.5 Å². The molecule has 0 bridgehead atoms. The summed E-state index contributed by atoms with van der Waals surface area (Å²) >= 11 is 0. The van der Waals surface area contributed by atoms with Gasteiger partial charge in [0.2, 0.25) is 0 Å². The van der Waals surface area contributed by atoms with Crippen molar-refractivity contribution in [3.63, 3.8) is 0 Å². The lowest BCUT2D eigenvalue weighted by atomic mass is 9.97. The van der Waals surface area contributed by atoms with Crippen molar-refractivity contribution in [3.05, 3.63) is 42.7 Å². The third kappa shape index (κ3) is 4.71. The number of carbonyl (C=O) groups is 1. The topological polar surface area (TPSA) is 119 Å². The van der Waals surface area contributed by atoms with Gasteiger partial charge in [0.15, 0.2) is 5.65 Å². The fourth-order valence-electron chi connectivity index (χ4n) is 4.61. The normalized spacial score (nSPS) is 15.1. The molecule has 1 fully saturated rings. The summed E-state index contributed by atoms with van der Waals surface area (Å²) in [5, 5.41) is 17.4.